The van der Waals surface area contributed by atoms with Crippen LogP contribution < -0.4 is 10.6 Å². The largest absolute Gasteiger partial charge is 0.378 e. The van der Waals surface area contributed by atoms with E-state index in [1.807, 2.05) is 17.7 Å². The fourth-order valence-electron chi connectivity index (χ4n) is 3.21. The van der Waals surface area contributed by atoms with E-state index in [4.69, 9.17) is 10.5 Å². The van der Waals surface area contributed by atoms with Crippen molar-refractivity contribution in [2.75, 3.05) is 31.2 Å². The number of rotatable bonds is 3. The average Bonchev–Trinajstić information content (AvgIpc) is 2.84. The third kappa shape index (κ3) is 2.46. The summed E-state index contributed by atoms with van der Waals surface area (Å²) in [5.74, 6) is 0.0148. The van der Waals surface area contributed by atoms with Gasteiger partial charge in [0.15, 0.2) is 0 Å². The first-order valence-electron chi connectivity index (χ1n) is 7.74. The number of anilines is 1. The fourth-order valence-corrected chi connectivity index (χ4v) is 3.21. The van der Waals surface area contributed by atoms with E-state index < -0.39 is 0 Å². The lowest BCUT2D eigenvalue weighted by molar-refractivity contribution is 0.100. The molecule has 1 aromatic heterocycles. The highest BCUT2D eigenvalue weighted by atomic mass is 16.5. The van der Waals surface area contributed by atoms with E-state index in [9.17, 15) is 4.79 Å². The molecule has 5 heteroatoms. The summed E-state index contributed by atoms with van der Waals surface area (Å²) < 4.78 is 7.42. The molecule has 1 fully saturated rings. The summed E-state index contributed by atoms with van der Waals surface area (Å²) in [4.78, 5) is 14.2. The number of carbonyl (C=O) groups is 1. The van der Waals surface area contributed by atoms with Gasteiger partial charge in [0.1, 0.15) is 0 Å². The molecule has 2 heterocycles. The second-order valence-electron chi connectivity index (χ2n) is 6.20. The van der Waals surface area contributed by atoms with Gasteiger partial charge in [-0.3, -0.25) is 4.79 Å². The Morgan fingerprint density at radius 1 is 1.27 bits per heavy atom. The monoisotopic (exact) mass is 301 g/mol. The van der Waals surface area contributed by atoms with Crippen molar-refractivity contribution < 1.29 is 9.53 Å². The number of benzene rings is 1. The second kappa shape index (κ2) is 5.65. The number of nitrogens with zero attached hydrogens (tertiary/aromatic N) is 2. The van der Waals surface area contributed by atoms with Crippen LogP contribution in [0.4, 0.5) is 5.69 Å². The summed E-state index contributed by atoms with van der Waals surface area (Å²) in [6.07, 6.45) is 2.10. The van der Waals surface area contributed by atoms with Crippen molar-refractivity contribution in [2.24, 2.45) is 12.8 Å². The van der Waals surface area contributed by atoms with Gasteiger partial charge >= 0.3 is 0 Å². The number of nitrogens with two attached hydrogens (primary N) is 1. The minimum Gasteiger partial charge on any atom is -0.378 e. The predicted octanol–water partition coefficient (Wildman–Crippen LogP) is 2.24. The number of primary amides is 1. The molecule has 0 unspecified atom stereocenters. The molecule has 0 bridgehead atoms. The number of aromatic nitrogens is 1. The first kappa shape index (κ1) is 14.9. The summed E-state index contributed by atoms with van der Waals surface area (Å²) in [6.45, 7) is 7.45. The molecule has 0 radical (unpaired) electrons. The van der Waals surface area contributed by atoms with Gasteiger partial charge in [-0.25, -0.2) is 0 Å². The van der Waals surface area contributed by atoms with Gasteiger partial charge in [-0.05, 0) is 23.6 Å². The van der Waals surface area contributed by atoms with Gasteiger partial charge in [0.25, 0.3) is 5.91 Å². The molecule has 3 rings (SSSR count). The van der Waals surface area contributed by atoms with Crippen molar-refractivity contribution in [3.8, 4) is 0 Å². The van der Waals surface area contributed by atoms with Crippen LogP contribution in [0.25, 0.3) is 10.9 Å². The molecule has 118 valence electrons. The van der Waals surface area contributed by atoms with Crippen molar-refractivity contribution in [1.82, 2.24) is 4.57 Å². The van der Waals surface area contributed by atoms with Crippen LogP contribution in [-0.4, -0.2) is 36.8 Å². The predicted molar refractivity (Wildman–Crippen MR) is 88.6 cm³/mol. The molecule has 0 aliphatic carbocycles. The van der Waals surface area contributed by atoms with E-state index >= 15 is 0 Å². The molecular formula is C17H23N3O2. The number of carbonyl (C=O) groups excluding carboxylic acids is 1. The van der Waals surface area contributed by atoms with Gasteiger partial charge in [-0.15, -0.1) is 0 Å². The number of fused-ring (bicyclic) bond motifs is 1. The maximum atomic E-state index is 11.9. The lowest BCUT2D eigenvalue weighted by atomic mass is 9.99. The lowest BCUT2D eigenvalue weighted by Crippen LogP contribution is -2.36. The second-order valence-corrected chi connectivity index (χ2v) is 6.20. The van der Waals surface area contributed by atoms with Crippen molar-refractivity contribution >= 4 is 22.5 Å². The average molecular weight is 301 g/mol. The highest BCUT2D eigenvalue weighted by molar-refractivity contribution is 6.07. The van der Waals surface area contributed by atoms with Gasteiger partial charge in [0.2, 0.25) is 0 Å². The van der Waals surface area contributed by atoms with Crippen molar-refractivity contribution in [3.05, 3.63) is 29.5 Å². The molecule has 2 N–H and O–H groups in total. The van der Waals surface area contributed by atoms with Gasteiger partial charge in [0.05, 0.1) is 24.3 Å². The molecule has 1 aromatic carbocycles. The van der Waals surface area contributed by atoms with E-state index in [0.717, 1.165) is 42.9 Å². The summed E-state index contributed by atoms with van der Waals surface area (Å²) in [5.41, 5.74) is 9.45. The number of hydrogen-bond donors (Lipinski definition) is 1. The molecule has 0 spiro atoms. The molecule has 22 heavy (non-hydrogen) atoms. The molecule has 1 aliphatic rings. The zero-order valence-corrected chi connectivity index (χ0v) is 13.4. The third-order valence-corrected chi connectivity index (χ3v) is 4.35. The van der Waals surface area contributed by atoms with E-state index in [-0.39, 0.29) is 5.91 Å². The van der Waals surface area contributed by atoms with Crippen LogP contribution in [0.3, 0.4) is 0 Å². The number of morpholine rings is 1. The Labute approximate surface area is 130 Å². The third-order valence-electron chi connectivity index (χ3n) is 4.35. The van der Waals surface area contributed by atoms with Gasteiger partial charge in [-0.1, -0.05) is 13.8 Å². The fraction of sp³-hybridized carbons (Fsp3) is 0.471. The van der Waals surface area contributed by atoms with Crippen molar-refractivity contribution in [1.29, 1.82) is 0 Å². The molecular weight excluding hydrogens is 278 g/mol. The van der Waals surface area contributed by atoms with Gasteiger partial charge in [-0.2, -0.15) is 0 Å². The molecule has 0 atom stereocenters. The van der Waals surface area contributed by atoms with Crippen molar-refractivity contribution in [2.45, 2.75) is 19.8 Å². The highest BCUT2D eigenvalue weighted by Crippen LogP contribution is 2.33. The summed E-state index contributed by atoms with van der Waals surface area (Å²) in [6, 6.07) is 4.10. The summed E-state index contributed by atoms with van der Waals surface area (Å²) in [7, 11) is 1.97. The first-order chi connectivity index (χ1) is 10.5. The van der Waals surface area contributed by atoms with Gasteiger partial charge < -0.3 is 19.9 Å². The zero-order chi connectivity index (χ0) is 15.9. The maximum Gasteiger partial charge on any atom is 0.250 e. The van der Waals surface area contributed by atoms with E-state index in [2.05, 4.69) is 31.0 Å². The Hall–Kier alpha value is -2.01. The topological polar surface area (TPSA) is 60.5 Å². The maximum absolute atomic E-state index is 11.9. The van der Waals surface area contributed by atoms with Crippen LogP contribution in [0.15, 0.2) is 18.3 Å². The zero-order valence-electron chi connectivity index (χ0n) is 13.4. The van der Waals surface area contributed by atoms with E-state index in [1.165, 1.54) is 5.56 Å². The van der Waals surface area contributed by atoms with E-state index in [1.54, 1.807) is 0 Å². The molecule has 1 aliphatic heterocycles. The van der Waals surface area contributed by atoms with Gasteiger partial charge in [0, 0.05) is 37.4 Å². The molecule has 0 saturated carbocycles. The summed E-state index contributed by atoms with van der Waals surface area (Å²) >= 11 is 0. The minimum absolute atomic E-state index is 0.378. The summed E-state index contributed by atoms with van der Waals surface area (Å²) in [5, 5.41) is 1.12. The van der Waals surface area contributed by atoms with Crippen LogP contribution in [0.2, 0.25) is 0 Å². The van der Waals surface area contributed by atoms with Crippen LogP contribution in [-0.2, 0) is 11.8 Å². The number of hydrogen-bond acceptors (Lipinski definition) is 3. The molecule has 5 nitrogen and oxygen atoms in total. The molecule has 1 amide bonds. The lowest BCUT2D eigenvalue weighted by Gasteiger charge is -2.29. The Kier molecular flexibility index (Phi) is 3.83. The van der Waals surface area contributed by atoms with Crippen LogP contribution >= 0.6 is 0 Å². The SMILES string of the molecule is CC(C)c1cn(C)c2c(C(N)=O)cc(N3CCOCC3)cc12. The standard InChI is InChI=1S/C17H23N3O2/c1-11(2)15-10-19(3)16-13(15)8-12(9-14(16)17(18)21)20-4-6-22-7-5-20/h8-11H,4-7H2,1-3H3,(H2,18,21). The normalized spacial score (nSPS) is 15.7. The highest BCUT2D eigenvalue weighted by Gasteiger charge is 2.20. The first-order valence-corrected chi connectivity index (χ1v) is 7.74. The quantitative estimate of drug-likeness (QED) is 0.946. The minimum atomic E-state index is -0.378. The van der Waals surface area contributed by atoms with Crippen LogP contribution in [0, 0.1) is 0 Å². The molecule has 1 saturated heterocycles. The number of ether oxygens (including phenoxy) is 1. The molecule has 2 aromatic rings. The Balaban J connectivity index is 2.22. The van der Waals surface area contributed by atoms with Crippen molar-refractivity contribution in [3.63, 3.8) is 0 Å². The smallest absolute Gasteiger partial charge is 0.250 e. The Morgan fingerprint density at radius 3 is 2.55 bits per heavy atom. The Morgan fingerprint density at radius 2 is 1.95 bits per heavy atom. The number of amides is 1. The number of aryl methyl sites for hydroxylation is 1. The van der Waals surface area contributed by atoms with Crippen LogP contribution in [0.5, 0.6) is 0 Å². The Bertz CT molecular complexity index is 712. The van der Waals surface area contributed by atoms with E-state index in [0.29, 0.717) is 11.5 Å². The van der Waals surface area contributed by atoms with Crippen LogP contribution in [0.1, 0.15) is 35.7 Å².